The Morgan fingerprint density at radius 1 is 1.56 bits per heavy atom. The summed E-state index contributed by atoms with van der Waals surface area (Å²) in [5.74, 6) is -0.426. The van der Waals surface area contributed by atoms with Gasteiger partial charge in [-0.2, -0.15) is 5.26 Å². The van der Waals surface area contributed by atoms with Crippen LogP contribution in [0.2, 0.25) is 0 Å². The zero-order chi connectivity index (χ0) is 13.0. The highest BCUT2D eigenvalue weighted by atomic mass is 19.1. The fourth-order valence-electron chi connectivity index (χ4n) is 2.24. The molecule has 0 bridgehead atoms. The van der Waals surface area contributed by atoms with Gasteiger partial charge in [0, 0.05) is 25.3 Å². The summed E-state index contributed by atoms with van der Waals surface area (Å²) in [4.78, 5) is 0. The second-order valence-electron chi connectivity index (χ2n) is 4.90. The third kappa shape index (κ3) is 2.87. The number of nitriles is 1. The first-order chi connectivity index (χ1) is 8.64. The molecule has 0 aliphatic carbocycles. The lowest BCUT2D eigenvalue weighted by Gasteiger charge is -2.23. The van der Waals surface area contributed by atoms with Crippen molar-refractivity contribution in [1.82, 2.24) is 5.32 Å². The average molecular weight is 248 g/mol. The van der Waals surface area contributed by atoms with Gasteiger partial charge >= 0.3 is 0 Å². The van der Waals surface area contributed by atoms with Crippen molar-refractivity contribution < 1.29 is 9.13 Å². The molecule has 0 saturated carbocycles. The number of hydrogen-bond donors (Lipinski definition) is 1. The average Bonchev–Trinajstić information content (AvgIpc) is 2.79. The lowest BCUT2D eigenvalue weighted by Crippen LogP contribution is -2.36. The predicted octanol–water partition coefficient (Wildman–Crippen LogP) is 2.36. The molecule has 1 aliphatic heterocycles. The second-order valence-corrected chi connectivity index (χ2v) is 4.90. The number of halogens is 1. The molecule has 1 aliphatic rings. The van der Waals surface area contributed by atoms with E-state index < -0.39 is 5.82 Å². The summed E-state index contributed by atoms with van der Waals surface area (Å²) < 4.78 is 19.4. The minimum absolute atomic E-state index is 0.0950. The molecule has 1 N–H and O–H groups in total. The van der Waals surface area contributed by atoms with Crippen LogP contribution in [-0.2, 0) is 11.3 Å². The van der Waals surface area contributed by atoms with Gasteiger partial charge in [-0.15, -0.1) is 0 Å². The zero-order valence-electron chi connectivity index (χ0n) is 10.5. The van der Waals surface area contributed by atoms with E-state index in [0.717, 1.165) is 19.4 Å². The van der Waals surface area contributed by atoms with Crippen molar-refractivity contribution >= 4 is 0 Å². The van der Waals surface area contributed by atoms with E-state index in [1.807, 2.05) is 6.07 Å². The van der Waals surface area contributed by atoms with Gasteiger partial charge in [-0.25, -0.2) is 4.39 Å². The molecule has 1 saturated heterocycles. The molecule has 1 aromatic rings. The third-order valence-corrected chi connectivity index (χ3v) is 3.31. The van der Waals surface area contributed by atoms with E-state index in [9.17, 15) is 4.39 Å². The Labute approximate surface area is 107 Å². The number of ether oxygens (including phenoxy) is 1. The molecule has 1 fully saturated rings. The Morgan fingerprint density at radius 2 is 2.39 bits per heavy atom. The van der Waals surface area contributed by atoms with E-state index in [0.29, 0.717) is 18.7 Å². The van der Waals surface area contributed by atoms with Gasteiger partial charge in [0.25, 0.3) is 0 Å². The molecular weight excluding hydrogens is 231 g/mol. The van der Waals surface area contributed by atoms with Gasteiger partial charge in [0.2, 0.25) is 0 Å². The first-order valence-corrected chi connectivity index (χ1v) is 6.17. The fraction of sp³-hybridized carbons (Fsp3) is 0.500. The van der Waals surface area contributed by atoms with Gasteiger partial charge in [-0.1, -0.05) is 12.1 Å². The molecule has 1 unspecified atom stereocenters. The van der Waals surface area contributed by atoms with E-state index in [2.05, 4.69) is 12.2 Å². The first-order valence-electron chi connectivity index (χ1n) is 6.17. The van der Waals surface area contributed by atoms with Crippen molar-refractivity contribution in [3.05, 3.63) is 35.1 Å². The van der Waals surface area contributed by atoms with Crippen LogP contribution in [0, 0.1) is 17.1 Å². The highest BCUT2D eigenvalue weighted by Crippen LogP contribution is 2.24. The summed E-state index contributed by atoms with van der Waals surface area (Å²) in [6.07, 6.45) is 2.11. The Balaban J connectivity index is 1.93. The van der Waals surface area contributed by atoms with Crippen LogP contribution < -0.4 is 5.32 Å². The SMILES string of the molecule is CC1(CNCc2cccc(C#N)c2F)CCCO1. The monoisotopic (exact) mass is 248 g/mol. The Hall–Kier alpha value is -1.44. The van der Waals surface area contributed by atoms with Crippen LogP contribution in [0.3, 0.4) is 0 Å². The van der Waals surface area contributed by atoms with Crippen molar-refractivity contribution in [2.45, 2.75) is 31.9 Å². The number of rotatable bonds is 4. The van der Waals surface area contributed by atoms with E-state index in [4.69, 9.17) is 10.00 Å². The summed E-state index contributed by atoms with van der Waals surface area (Å²) in [6.45, 7) is 3.98. The number of hydrogen-bond acceptors (Lipinski definition) is 3. The maximum absolute atomic E-state index is 13.8. The largest absolute Gasteiger partial charge is 0.374 e. The van der Waals surface area contributed by atoms with Gasteiger partial charge in [-0.3, -0.25) is 0 Å². The Morgan fingerprint density at radius 3 is 3.06 bits per heavy atom. The molecule has 1 aromatic carbocycles. The number of nitrogens with one attached hydrogen (secondary N) is 1. The Kier molecular flexibility index (Phi) is 3.95. The molecule has 96 valence electrons. The van der Waals surface area contributed by atoms with E-state index in [1.54, 1.807) is 12.1 Å². The zero-order valence-corrected chi connectivity index (χ0v) is 10.5. The minimum atomic E-state index is -0.426. The molecule has 1 atom stereocenters. The van der Waals surface area contributed by atoms with Crippen LogP contribution in [0.1, 0.15) is 30.9 Å². The van der Waals surface area contributed by atoms with Crippen LogP contribution in [0.5, 0.6) is 0 Å². The topological polar surface area (TPSA) is 45.0 Å². The van der Waals surface area contributed by atoms with Gasteiger partial charge < -0.3 is 10.1 Å². The Bertz CT molecular complexity index is 461. The van der Waals surface area contributed by atoms with Gasteiger partial charge in [0.15, 0.2) is 0 Å². The van der Waals surface area contributed by atoms with E-state index >= 15 is 0 Å². The van der Waals surface area contributed by atoms with Crippen molar-refractivity contribution in [2.75, 3.05) is 13.2 Å². The van der Waals surface area contributed by atoms with Crippen molar-refractivity contribution in [3.63, 3.8) is 0 Å². The molecular formula is C14H17FN2O. The summed E-state index contributed by atoms with van der Waals surface area (Å²) in [6, 6.07) is 6.73. The molecule has 0 radical (unpaired) electrons. The molecule has 0 amide bonds. The normalized spacial score (nSPS) is 22.9. The molecule has 4 heteroatoms. The maximum atomic E-state index is 13.8. The standard InChI is InChI=1S/C14H17FN2O/c1-14(6-3-7-18-14)10-17-9-12-5-2-4-11(8-16)13(12)15/h2,4-5,17H,3,6-7,9-10H2,1H3. The fourth-order valence-corrected chi connectivity index (χ4v) is 2.24. The second kappa shape index (κ2) is 5.47. The number of nitrogens with zero attached hydrogens (tertiary/aromatic N) is 1. The van der Waals surface area contributed by atoms with Crippen molar-refractivity contribution in [2.24, 2.45) is 0 Å². The van der Waals surface area contributed by atoms with Crippen molar-refractivity contribution in [3.8, 4) is 6.07 Å². The van der Waals surface area contributed by atoms with Gasteiger partial charge in [0.05, 0.1) is 11.2 Å². The highest BCUT2D eigenvalue weighted by molar-refractivity contribution is 5.34. The highest BCUT2D eigenvalue weighted by Gasteiger charge is 2.29. The molecule has 0 spiro atoms. The maximum Gasteiger partial charge on any atom is 0.145 e. The third-order valence-electron chi connectivity index (χ3n) is 3.31. The molecule has 18 heavy (non-hydrogen) atoms. The smallest absolute Gasteiger partial charge is 0.145 e. The van der Waals surface area contributed by atoms with Crippen LogP contribution in [0.4, 0.5) is 4.39 Å². The van der Waals surface area contributed by atoms with E-state index in [-0.39, 0.29) is 11.2 Å². The quantitative estimate of drug-likeness (QED) is 0.889. The summed E-state index contributed by atoms with van der Waals surface area (Å²) in [7, 11) is 0. The number of benzene rings is 1. The molecule has 0 aromatic heterocycles. The van der Waals surface area contributed by atoms with Gasteiger partial charge in [0.1, 0.15) is 11.9 Å². The van der Waals surface area contributed by atoms with Crippen LogP contribution in [0.15, 0.2) is 18.2 Å². The predicted molar refractivity (Wildman–Crippen MR) is 66.4 cm³/mol. The van der Waals surface area contributed by atoms with Crippen LogP contribution in [0.25, 0.3) is 0 Å². The molecule has 3 nitrogen and oxygen atoms in total. The molecule has 1 heterocycles. The van der Waals surface area contributed by atoms with Crippen molar-refractivity contribution in [1.29, 1.82) is 5.26 Å². The van der Waals surface area contributed by atoms with Gasteiger partial charge in [-0.05, 0) is 25.8 Å². The van der Waals surface area contributed by atoms with Crippen LogP contribution >= 0.6 is 0 Å². The van der Waals surface area contributed by atoms with Crippen LogP contribution in [-0.4, -0.2) is 18.8 Å². The summed E-state index contributed by atoms with van der Waals surface area (Å²) in [5.41, 5.74) is 0.483. The summed E-state index contributed by atoms with van der Waals surface area (Å²) >= 11 is 0. The lowest BCUT2D eigenvalue weighted by atomic mass is 10.0. The first kappa shape index (κ1) is 13.0. The lowest BCUT2D eigenvalue weighted by molar-refractivity contribution is 0.0206. The molecule has 2 rings (SSSR count). The minimum Gasteiger partial charge on any atom is -0.374 e. The summed E-state index contributed by atoms with van der Waals surface area (Å²) in [5, 5.41) is 12.0. The van der Waals surface area contributed by atoms with E-state index in [1.165, 1.54) is 6.07 Å².